The molecule has 0 amide bonds. The zero-order valence-corrected chi connectivity index (χ0v) is 9.53. The number of carbonyl (C=O) groups excluding carboxylic acids is 1. The van der Waals surface area contributed by atoms with Crippen LogP contribution in [0.3, 0.4) is 0 Å². The number of aryl methyl sites for hydroxylation is 1. The predicted octanol–water partition coefficient (Wildman–Crippen LogP) is 1.13. The molecule has 3 rings (SSSR count). The normalized spacial score (nSPS) is 10.9. The second kappa shape index (κ2) is 3.69. The van der Waals surface area contributed by atoms with Crippen LogP contribution in [0.15, 0.2) is 39.8 Å². The van der Waals surface area contributed by atoms with Crippen molar-refractivity contribution in [1.29, 1.82) is 0 Å². The predicted molar refractivity (Wildman–Crippen MR) is 64.0 cm³/mol. The third-order valence-corrected chi connectivity index (χ3v) is 2.78. The van der Waals surface area contributed by atoms with Crippen molar-refractivity contribution in [2.45, 2.75) is 0 Å². The number of benzene rings is 1. The molecule has 0 bridgehead atoms. The van der Waals surface area contributed by atoms with Gasteiger partial charge in [-0.25, -0.2) is 9.48 Å². The lowest BCUT2D eigenvalue weighted by Gasteiger charge is -2.00. The van der Waals surface area contributed by atoms with Crippen LogP contribution in [0.2, 0.25) is 0 Å². The van der Waals surface area contributed by atoms with Crippen molar-refractivity contribution in [3.63, 3.8) is 0 Å². The first-order valence-electron chi connectivity index (χ1n) is 5.29. The first-order valence-corrected chi connectivity index (χ1v) is 5.29. The molecule has 0 N–H and O–H groups in total. The van der Waals surface area contributed by atoms with Gasteiger partial charge in [0.15, 0.2) is 11.9 Å². The Balaban J connectivity index is 2.20. The molecule has 0 spiro atoms. The second-order valence-electron chi connectivity index (χ2n) is 3.92. The average molecular weight is 243 g/mol. The summed E-state index contributed by atoms with van der Waals surface area (Å²) in [5, 5.41) is 4.07. The van der Waals surface area contributed by atoms with Gasteiger partial charge in [0.2, 0.25) is 0 Å². The number of hydrogen-bond acceptors (Lipinski definition) is 4. The van der Waals surface area contributed by atoms with Crippen LogP contribution in [0, 0.1) is 0 Å². The Hall–Kier alpha value is -2.63. The molecule has 0 radical (unpaired) electrons. The molecule has 0 aliphatic carbocycles. The molecular weight excluding hydrogens is 234 g/mol. The Bertz CT molecular complexity index is 794. The van der Waals surface area contributed by atoms with Crippen molar-refractivity contribution >= 4 is 17.4 Å². The highest BCUT2D eigenvalue weighted by atomic mass is 16.4. The van der Waals surface area contributed by atoms with E-state index in [1.807, 2.05) is 0 Å². The third kappa shape index (κ3) is 1.46. The van der Waals surface area contributed by atoms with Gasteiger partial charge in [-0.15, -0.1) is 0 Å². The molecule has 6 heteroatoms. The van der Waals surface area contributed by atoms with Gasteiger partial charge < -0.3 is 4.42 Å². The van der Waals surface area contributed by atoms with Crippen LogP contribution in [-0.4, -0.2) is 20.6 Å². The molecule has 0 atom stereocenters. The third-order valence-electron chi connectivity index (χ3n) is 2.78. The highest BCUT2D eigenvalue weighted by Gasteiger charge is 2.08. The average Bonchev–Trinajstić information content (AvgIpc) is 2.96. The van der Waals surface area contributed by atoms with Crippen LogP contribution in [0.5, 0.6) is 0 Å². The number of aromatic nitrogens is 3. The number of carbonyl (C=O) groups is 1. The molecule has 0 unspecified atom stereocenters. The summed E-state index contributed by atoms with van der Waals surface area (Å²) in [6.45, 7) is 0. The molecule has 2 heterocycles. The first-order chi connectivity index (χ1) is 8.69. The minimum absolute atomic E-state index is 0.406. The van der Waals surface area contributed by atoms with Crippen molar-refractivity contribution in [3.8, 4) is 5.69 Å². The Labute approximate surface area is 101 Å². The Morgan fingerprint density at radius 3 is 2.94 bits per heavy atom. The molecule has 90 valence electrons. The van der Waals surface area contributed by atoms with Crippen LogP contribution in [-0.2, 0) is 7.05 Å². The molecule has 0 aliphatic rings. The lowest BCUT2D eigenvalue weighted by molar-refractivity contribution is 0.112. The van der Waals surface area contributed by atoms with Crippen LogP contribution >= 0.6 is 0 Å². The van der Waals surface area contributed by atoms with E-state index < -0.39 is 5.76 Å². The highest BCUT2D eigenvalue weighted by Crippen LogP contribution is 2.16. The summed E-state index contributed by atoms with van der Waals surface area (Å²) in [4.78, 5) is 22.0. The van der Waals surface area contributed by atoms with Gasteiger partial charge in [0.05, 0.1) is 23.0 Å². The molecule has 0 aliphatic heterocycles. The van der Waals surface area contributed by atoms with Crippen LogP contribution in [0.25, 0.3) is 16.8 Å². The van der Waals surface area contributed by atoms with Gasteiger partial charge in [-0.05, 0) is 18.2 Å². The van der Waals surface area contributed by atoms with Gasteiger partial charge in [-0.3, -0.25) is 9.36 Å². The molecule has 0 fully saturated rings. The molecule has 0 saturated carbocycles. The number of aldehydes is 1. The Morgan fingerprint density at radius 2 is 2.22 bits per heavy atom. The van der Waals surface area contributed by atoms with E-state index in [0.717, 1.165) is 12.0 Å². The maximum Gasteiger partial charge on any atom is 0.419 e. The summed E-state index contributed by atoms with van der Waals surface area (Å²) in [7, 11) is 1.64. The van der Waals surface area contributed by atoms with Crippen LogP contribution in [0.4, 0.5) is 0 Å². The van der Waals surface area contributed by atoms with E-state index in [1.54, 1.807) is 36.1 Å². The van der Waals surface area contributed by atoms with Crippen molar-refractivity contribution in [2.75, 3.05) is 0 Å². The molecule has 3 aromatic rings. The fourth-order valence-electron chi connectivity index (χ4n) is 1.80. The van der Waals surface area contributed by atoms with Crippen LogP contribution < -0.4 is 5.76 Å². The minimum Gasteiger partial charge on any atom is -0.408 e. The van der Waals surface area contributed by atoms with Crippen molar-refractivity contribution < 1.29 is 9.21 Å². The summed E-state index contributed by atoms with van der Waals surface area (Å²) >= 11 is 0. The molecule has 1 aromatic carbocycles. The lowest BCUT2D eigenvalue weighted by atomic mass is 10.3. The van der Waals surface area contributed by atoms with Gasteiger partial charge in [-0.1, -0.05) is 0 Å². The number of nitrogens with zero attached hydrogens (tertiary/aromatic N) is 3. The Kier molecular flexibility index (Phi) is 2.16. The van der Waals surface area contributed by atoms with E-state index >= 15 is 0 Å². The van der Waals surface area contributed by atoms with E-state index in [-0.39, 0.29) is 0 Å². The number of fused-ring (bicyclic) bond motifs is 1. The molecule has 2 aromatic heterocycles. The first kappa shape index (κ1) is 10.5. The largest absolute Gasteiger partial charge is 0.419 e. The monoisotopic (exact) mass is 243 g/mol. The smallest absolute Gasteiger partial charge is 0.408 e. The summed E-state index contributed by atoms with van der Waals surface area (Å²) < 4.78 is 8.03. The summed E-state index contributed by atoms with van der Waals surface area (Å²) in [6.07, 6.45) is 3.83. The van der Waals surface area contributed by atoms with Crippen molar-refractivity contribution in [1.82, 2.24) is 14.3 Å². The van der Waals surface area contributed by atoms with Gasteiger partial charge >= 0.3 is 5.76 Å². The van der Waals surface area contributed by atoms with Gasteiger partial charge in [0.1, 0.15) is 0 Å². The standard InChI is InChI=1S/C12H9N3O3/c1-14-10-4-9(2-3-11(10)18-12(14)17)15-6-8(7-16)5-13-15/h2-7H,1H3. The zero-order valence-electron chi connectivity index (χ0n) is 9.53. The molecule has 0 saturated heterocycles. The topological polar surface area (TPSA) is 70.0 Å². The molecule has 18 heavy (non-hydrogen) atoms. The fraction of sp³-hybridized carbons (Fsp3) is 0.0833. The second-order valence-corrected chi connectivity index (χ2v) is 3.92. The number of hydrogen-bond donors (Lipinski definition) is 0. The van der Waals surface area contributed by atoms with Crippen molar-refractivity contribution in [3.05, 3.63) is 46.7 Å². The maximum atomic E-state index is 11.4. The molecule has 6 nitrogen and oxygen atoms in total. The summed E-state index contributed by atoms with van der Waals surface area (Å²) in [5.41, 5.74) is 2.46. The van der Waals surface area contributed by atoms with E-state index in [4.69, 9.17) is 4.42 Å². The quantitative estimate of drug-likeness (QED) is 0.632. The van der Waals surface area contributed by atoms with Gasteiger partial charge in [-0.2, -0.15) is 5.10 Å². The summed E-state index contributed by atoms with van der Waals surface area (Å²) in [6, 6.07) is 5.25. The van der Waals surface area contributed by atoms with E-state index in [1.165, 1.54) is 10.8 Å². The highest BCUT2D eigenvalue weighted by molar-refractivity contribution is 5.76. The van der Waals surface area contributed by atoms with E-state index in [0.29, 0.717) is 16.7 Å². The maximum absolute atomic E-state index is 11.4. The SMILES string of the molecule is Cn1c(=O)oc2ccc(-n3cc(C=O)cn3)cc21. The Morgan fingerprint density at radius 1 is 1.39 bits per heavy atom. The fourth-order valence-corrected chi connectivity index (χ4v) is 1.80. The van der Waals surface area contributed by atoms with Crippen LogP contribution in [0.1, 0.15) is 10.4 Å². The van der Waals surface area contributed by atoms with E-state index in [9.17, 15) is 9.59 Å². The molecular formula is C12H9N3O3. The lowest BCUT2D eigenvalue weighted by Crippen LogP contribution is -2.08. The number of rotatable bonds is 2. The van der Waals surface area contributed by atoms with Gasteiger partial charge in [0, 0.05) is 13.2 Å². The van der Waals surface area contributed by atoms with Gasteiger partial charge in [0.25, 0.3) is 0 Å². The van der Waals surface area contributed by atoms with Crippen molar-refractivity contribution in [2.24, 2.45) is 7.05 Å². The minimum atomic E-state index is -0.406. The zero-order chi connectivity index (χ0) is 12.7. The van der Waals surface area contributed by atoms with E-state index in [2.05, 4.69) is 5.10 Å². The number of oxazole rings is 1. The summed E-state index contributed by atoms with van der Waals surface area (Å²) in [5.74, 6) is -0.406.